The monoisotopic (exact) mass is 591 g/mol. The number of carboxylic acid groups (broad SMARTS) is 1. The van der Waals surface area contributed by atoms with Gasteiger partial charge in [-0.3, -0.25) is 9.59 Å². The lowest BCUT2D eigenvalue weighted by molar-refractivity contribution is -0.153. The molecule has 1 N–H and O–H groups in total. The Hall–Kier alpha value is -1.58. The summed E-state index contributed by atoms with van der Waals surface area (Å²) in [5.74, 6) is -1.12. The Morgan fingerprint density at radius 2 is 0.881 bits per heavy atom. The average Bonchev–Trinajstić information content (AvgIpc) is 2.96. The summed E-state index contributed by atoms with van der Waals surface area (Å²) in [4.78, 5) is 23.6. The summed E-state index contributed by atoms with van der Waals surface area (Å²) in [6.07, 6.45) is 41.9. The number of unbranched alkanes of at least 4 members (excludes halogenated alkanes) is 22. The van der Waals surface area contributed by atoms with Crippen molar-refractivity contribution < 1.29 is 19.4 Å². The zero-order valence-corrected chi connectivity index (χ0v) is 28.1. The van der Waals surface area contributed by atoms with E-state index in [9.17, 15) is 14.7 Å². The lowest BCUT2D eigenvalue weighted by Crippen LogP contribution is -2.21. The summed E-state index contributed by atoms with van der Waals surface area (Å²) in [5, 5.41) is 9.24. The summed E-state index contributed by atoms with van der Waals surface area (Å²) >= 11 is 0. The molecule has 0 amide bonds. The number of allylic oxidation sites excluding steroid dienone is 4. The number of ether oxygens (including phenoxy) is 1. The third-order valence-corrected chi connectivity index (χ3v) is 8.13. The largest absolute Gasteiger partial charge is 0.481 e. The van der Waals surface area contributed by atoms with Crippen LogP contribution in [0.3, 0.4) is 0 Å². The molecular formula is C38H70O4. The molecule has 246 valence electrons. The first kappa shape index (κ1) is 40.4. The van der Waals surface area contributed by atoms with E-state index in [0.717, 1.165) is 51.4 Å². The van der Waals surface area contributed by atoms with Gasteiger partial charge in [0, 0.05) is 6.42 Å². The smallest absolute Gasteiger partial charge is 0.307 e. The van der Waals surface area contributed by atoms with Gasteiger partial charge >= 0.3 is 11.9 Å². The van der Waals surface area contributed by atoms with Crippen LogP contribution in [0.1, 0.15) is 200 Å². The summed E-state index contributed by atoms with van der Waals surface area (Å²) in [6, 6.07) is 0. The van der Waals surface area contributed by atoms with E-state index in [-0.39, 0.29) is 12.4 Å². The second kappa shape index (κ2) is 33.9. The van der Waals surface area contributed by atoms with Crippen molar-refractivity contribution in [3.63, 3.8) is 0 Å². The van der Waals surface area contributed by atoms with Crippen LogP contribution in [0.5, 0.6) is 0 Å². The Labute approximate surface area is 261 Å². The topological polar surface area (TPSA) is 63.6 Å². The van der Waals surface area contributed by atoms with Gasteiger partial charge in [0.15, 0.2) is 0 Å². The number of hydrogen-bond donors (Lipinski definition) is 1. The first-order valence-electron chi connectivity index (χ1n) is 18.3. The molecule has 4 nitrogen and oxygen atoms in total. The second-order valence-electron chi connectivity index (χ2n) is 12.4. The summed E-state index contributed by atoms with van der Waals surface area (Å²) in [7, 11) is 0. The molecule has 0 saturated carbocycles. The molecule has 0 aliphatic carbocycles. The van der Waals surface area contributed by atoms with Crippen LogP contribution in [-0.4, -0.2) is 23.1 Å². The highest BCUT2D eigenvalue weighted by molar-refractivity contribution is 5.71. The fourth-order valence-corrected chi connectivity index (χ4v) is 5.43. The normalized spacial score (nSPS) is 12.4. The van der Waals surface area contributed by atoms with E-state index >= 15 is 0 Å². The molecule has 0 spiro atoms. The molecule has 0 radical (unpaired) electrons. The number of rotatable bonds is 33. The van der Waals surface area contributed by atoms with Crippen molar-refractivity contribution in [2.75, 3.05) is 0 Å². The molecule has 1 unspecified atom stereocenters. The van der Waals surface area contributed by atoms with E-state index in [2.05, 4.69) is 38.2 Å². The van der Waals surface area contributed by atoms with E-state index in [1.54, 1.807) is 0 Å². The predicted molar refractivity (Wildman–Crippen MR) is 181 cm³/mol. The fourth-order valence-electron chi connectivity index (χ4n) is 5.43. The molecule has 0 saturated heterocycles. The quantitative estimate of drug-likeness (QED) is 0.0469. The van der Waals surface area contributed by atoms with Crippen molar-refractivity contribution in [3.05, 3.63) is 24.3 Å². The Kier molecular flexibility index (Phi) is 32.6. The van der Waals surface area contributed by atoms with Crippen molar-refractivity contribution in [1.29, 1.82) is 0 Å². The van der Waals surface area contributed by atoms with Crippen molar-refractivity contribution in [3.8, 4) is 0 Å². The molecule has 0 heterocycles. The minimum Gasteiger partial charge on any atom is -0.481 e. The Morgan fingerprint density at radius 1 is 0.524 bits per heavy atom. The number of carboxylic acids is 1. The summed E-state index contributed by atoms with van der Waals surface area (Å²) in [6.45, 7) is 4.52. The SMILES string of the molecule is CCCCCCCCC=CCCCCCCCC(=O)OC(CCCCCCCC=CCCCCCCCC)CC(=O)O. The molecule has 42 heavy (non-hydrogen) atoms. The van der Waals surface area contributed by atoms with Gasteiger partial charge in [-0.1, -0.05) is 141 Å². The Morgan fingerprint density at radius 3 is 1.29 bits per heavy atom. The molecular weight excluding hydrogens is 520 g/mol. The molecule has 0 aliphatic heterocycles. The first-order valence-corrected chi connectivity index (χ1v) is 18.3. The third kappa shape index (κ3) is 32.9. The van der Waals surface area contributed by atoms with E-state index in [1.807, 2.05) is 0 Å². The van der Waals surface area contributed by atoms with Gasteiger partial charge in [0.1, 0.15) is 6.10 Å². The van der Waals surface area contributed by atoms with E-state index in [1.165, 1.54) is 116 Å². The molecule has 0 fully saturated rings. The van der Waals surface area contributed by atoms with E-state index in [0.29, 0.717) is 12.8 Å². The van der Waals surface area contributed by atoms with Gasteiger partial charge in [0.2, 0.25) is 0 Å². The number of hydrogen-bond acceptors (Lipinski definition) is 3. The first-order chi connectivity index (χ1) is 20.6. The molecule has 1 atom stereocenters. The molecule has 0 aromatic carbocycles. The molecule has 4 heteroatoms. The van der Waals surface area contributed by atoms with Crippen LogP contribution in [-0.2, 0) is 14.3 Å². The maximum Gasteiger partial charge on any atom is 0.307 e. The minimum absolute atomic E-state index is 0.0818. The predicted octanol–water partition coefficient (Wildman–Crippen LogP) is 12.4. The number of carbonyl (C=O) groups is 2. The molecule has 0 rings (SSSR count). The standard InChI is InChI=1S/C38H70O4/c1-3-5-7-9-11-13-15-17-19-21-23-25-27-29-31-33-36(35-37(39)40)42-38(41)34-32-30-28-26-24-22-20-18-16-14-12-10-8-6-4-2/h17-20,36H,3-16,21-35H2,1-2H3,(H,39,40). The van der Waals surface area contributed by atoms with Crippen LogP contribution < -0.4 is 0 Å². The Bertz CT molecular complexity index is 639. The van der Waals surface area contributed by atoms with Gasteiger partial charge < -0.3 is 9.84 Å². The highest BCUT2D eigenvalue weighted by atomic mass is 16.5. The van der Waals surface area contributed by atoms with Gasteiger partial charge in [-0.2, -0.15) is 0 Å². The van der Waals surface area contributed by atoms with Crippen molar-refractivity contribution in [1.82, 2.24) is 0 Å². The number of aliphatic carboxylic acids is 1. The molecule has 0 aromatic heterocycles. The van der Waals surface area contributed by atoms with Crippen molar-refractivity contribution in [2.24, 2.45) is 0 Å². The van der Waals surface area contributed by atoms with E-state index < -0.39 is 12.1 Å². The highest BCUT2D eigenvalue weighted by Gasteiger charge is 2.17. The van der Waals surface area contributed by atoms with Crippen LogP contribution in [0.15, 0.2) is 24.3 Å². The maximum absolute atomic E-state index is 12.3. The number of carbonyl (C=O) groups excluding carboxylic acids is 1. The highest BCUT2D eigenvalue weighted by Crippen LogP contribution is 2.16. The molecule has 0 aromatic rings. The van der Waals surface area contributed by atoms with Gasteiger partial charge in [0.05, 0.1) is 6.42 Å². The van der Waals surface area contributed by atoms with Gasteiger partial charge in [-0.25, -0.2) is 0 Å². The molecule has 0 bridgehead atoms. The zero-order chi connectivity index (χ0) is 30.8. The summed E-state index contributed by atoms with van der Waals surface area (Å²) < 4.78 is 5.56. The van der Waals surface area contributed by atoms with E-state index in [4.69, 9.17) is 4.74 Å². The average molecular weight is 591 g/mol. The van der Waals surface area contributed by atoms with Crippen LogP contribution in [0.4, 0.5) is 0 Å². The zero-order valence-electron chi connectivity index (χ0n) is 28.1. The third-order valence-electron chi connectivity index (χ3n) is 8.13. The Balaban J connectivity index is 3.70. The number of esters is 1. The lowest BCUT2D eigenvalue weighted by atomic mass is 10.0. The van der Waals surface area contributed by atoms with Crippen LogP contribution in [0.2, 0.25) is 0 Å². The van der Waals surface area contributed by atoms with Crippen LogP contribution >= 0.6 is 0 Å². The van der Waals surface area contributed by atoms with Crippen molar-refractivity contribution in [2.45, 2.75) is 206 Å². The summed E-state index contributed by atoms with van der Waals surface area (Å²) in [5.41, 5.74) is 0. The maximum atomic E-state index is 12.3. The lowest BCUT2D eigenvalue weighted by Gasteiger charge is -2.16. The second-order valence-corrected chi connectivity index (χ2v) is 12.4. The molecule has 0 aliphatic rings. The van der Waals surface area contributed by atoms with Crippen molar-refractivity contribution >= 4 is 11.9 Å². The van der Waals surface area contributed by atoms with Gasteiger partial charge in [-0.15, -0.1) is 0 Å². The van der Waals surface area contributed by atoms with Gasteiger partial charge in [-0.05, 0) is 70.6 Å². The van der Waals surface area contributed by atoms with Crippen LogP contribution in [0, 0.1) is 0 Å². The van der Waals surface area contributed by atoms with Crippen LogP contribution in [0.25, 0.3) is 0 Å². The van der Waals surface area contributed by atoms with Gasteiger partial charge in [0.25, 0.3) is 0 Å². The minimum atomic E-state index is -0.887. The fraction of sp³-hybridized carbons (Fsp3) is 0.842.